The van der Waals surface area contributed by atoms with E-state index in [2.05, 4.69) is 190 Å². The highest BCUT2D eigenvalue weighted by Gasteiger charge is 2.16. The smallest absolute Gasteiger partial charge is 0.0543 e. The zero-order valence-corrected chi connectivity index (χ0v) is 30.9. The first-order valence-electron chi connectivity index (χ1n) is 16.9. The fraction of sp³-hybridized carbons (Fsp3) is 0.182. The van der Waals surface area contributed by atoms with Crippen LogP contribution < -0.4 is 0 Å². The lowest BCUT2D eigenvalue weighted by Crippen LogP contribution is -1.97. The molecule has 0 N–H and O–H groups in total. The molecule has 2 heterocycles. The van der Waals surface area contributed by atoms with Gasteiger partial charge in [-0.2, -0.15) is 0 Å². The van der Waals surface area contributed by atoms with Gasteiger partial charge in [-0.05, 0) is 120 Å². The van der Waals surface area contributed by atoms with E-state index in [-0.39, 0.29) is 0 Å². The average molecular weight is 755 g/mol. The molecule has 0 radical (unpaired) electrons. The normalized spacial score (nSPS) is 12.1. The highest BCUT2D eigenvalue weighted by atomic mass is 79.9. The molecule has 0 aliphatic heterocycles. The standard InChI is InChI=1S/C44H38Br2N2/c1-27(2)21-29-5-17-37-39-25-33(45)11-19-41(39)47(43(37)23-29)35-13-7-31(8-14-35)32-9-15-36(16-10-32)48-42-20-12-34(46)26-40(42)38-18-6-30(22-28(3)4)24-44(38)48/h5-20,23-28H,21-22H2,1-4H3. The van der Waals surface area contributed by atoms with Crippen LogP contribution in [0.1, 0.15) is 38.8 Å². The second-order valence-corrected chi connectivity index (χ2v) is 15.8. The molecule has 48 heavy (non-hydrogen) atoms. The summed E-state index contributed by atoms with van der Waals surface area (Å²) in [5, 5.41) is 5.10. The van der Waals surface area contributed by atoms with Crippen molar-refractivity contribution in [1.82, 2.24) is 9.13 Å². The van der Waals surface area contributed by atoms with Crippen LogP contribution in [0.2, 0.25) is 0 Å². The summed E-state index contributed by atoms with van der Waals surface area (Å²) < 4.78 is 7.04. The third kappa shape index (κ3) is 5.59. The molecule has 8 rings (SSSR count). The van der Waals surface area contributed by atoms with Gasteiger partial charge in [-0.15, -0.1) is 0 Å². The zero-order chi connectivity index (χ0) is 33.1. The largest absolute Gasteiger partial charge is 0.309 e. The van der Waals surface area contributed by atoms with E-state index in [1.165, 1.54) is 77.2 Å². The minimum Gasteiger partial charge on any atom is -0.309 e. The second kappa shape index (κ2) is 12.4. The maximum Gasteiger partial charge on any atom is 0.0543 e. The van der Waals surface area contributed by atoms with E-state index >= 15 is 0 Å². The lowest BCUT2D eigenvalue weighted by atomic mass is 10.0. The minimum atomic E-state index is 0.611. The first-order chi connectivity index (χ1) is 23.2. The maximum absolute atomic E-state index is 3.71. The molecule has 2 aromatic heterocycles. The van der Waals surface area contributed by atoms with Crippen LogP contribution in [0.25, 0.3) is 66.1 Å². The van der Waals surface area contributed by atoms with E-state index in [1.807, 2.05) is 0 Å². The molecule has 0 bridgehead atoms. The first kappa shape index (κ1) is 31.2. The lowest BCUT2D eigenvalue weighted by Gasteiger charge is -2.12. The van der Waals surface area contributed by atoms with E-state index in [4.69, 9.17) is 0 Å². The van der Waals surface area contributed by atoms with Crippen molar-refractivity contribution in [3.05, 3.63) is 141 Å². The van der Waals surface area contributed by atoms with Gasteiger partial charge in [0.25, 0.3) is 0 Å². The van der Waals surface area contributed by atoms with Gasteiger partial charge in [0, 0.05) is 41.9 Å². The van der Waals surface area contributed by atoms with Gasteiger partial charge < -0.3 is 9.13 Å². The Morgan fingerprint density at radius 3 is 1.19 bits per heavy atom. The molecule has 0 atom stereocenters. The lowest BCUT2D eigenvalue weighted by molar-refractivity contribution is 0.647. The third-order valence-electron chi connectivity index (χ3n) is 9.46. The van der Waals surface area contributed by atoms with Crippen molar-refractivity contribution >= 4 is 75.5 Å². The Hall–Kier alpha value is -4.12. The molecule has 0 saturated heterocycles. The molecular formula is C44H38Br2N2. The fourth-order valence-corrected chi connectivity index (χ4v) is 8.16. The predicted octanol–water partition coefficient (Wildman–Crippen LogP) is 13.5. The van der Waals surface area contributed by atoms with Crippen LogP contribution in [0.15, 0.2) is 130 Å². The Kier molecular flexibility index (Phi) is 8.05. The molecule has 0 amide bonds. The molecule has 0 fully saturated rings. The van der Waals surface area contributed by atoms with E-state index in [9.17, 15) is 0 Å². The molecule has 238 valence electrons. The van der Waals surface area contributed by atoms with Crippen LogP contribution in [0.4, 0.5) is 0 Å². The molecular weight excluding hydrogens is 716 g/mol. The summed E-state index contributed by atoms with van der Waals surface area (Å²) in [6.45, 7) is 9.14. The summed E-state index contributed by atoms with van der Waals surface area (Å²) in [5.74, 6) is 1.22. The number of aromatic nitrogens is 2. The van der Waals surface area contributed by atoms with Crippen molar-refractivity contribution in [3.8, 4) is 22.5 Å². The summed E-state index contributed by atoms with van der Waals surface area (Å²) in [6, 6.07) is 45.3. The van der Waals surface area contributed by atoms with Crippen molar-refractivity contribution in [3.63, 3.8) is 0 Å². The quantitative estimate of drug-likeness (QED) is 0.153. The highest BCUT2D eigenvalue weighted by Crippen LogP contribution is 2.37. The topological polar surface area (TPSA) is 9.86 Å². The number of hydrogen-bond acceptors (Lipinski definition) is 0. The fourth-order valence-electron chi connectivity index (χ4n) is 7.44. The molecule has 2 nitrogen and oxygen atoms in total. The summed E-state index contributed by atoms with van der Waals surface area (Å²) in [6.07, 6.45) is 2.14. The number of nitrogens with zero attached hydrogens (tertiary/aromatic N) is 2. The molecule has 8 aromatic rings. The van der Waals surface area contributed by atoms with E-state index < -0.39 is 0 Å². The van der Waals surface area contributed by atoms with Crippen molar-refractivity contribution in [2.24, 2.45) is 11.8 Å². The van der Waals surface area contributed by atoms with E-state index in [0.29, 0.717) is 11.8 Å². The molecule has 0 aliphatic carbocycles. The van der Waals surface area contributed by atoms with Crippen LogP contribution >= 0.6 is 31.9 Å². The van der Waals surface area contributed by atoms with Gasteiger partial charge in [0.2, 0.25) is 0 Å². The molecule has 0 unspecified atom stereocenters. The van der Waals surface area contributed by atoms with Crippen molar-refractivity contribution < 1.29 is 0 Å². The number of fused-ring (bicyclic) bond motifs is 6. The molecule has 0 saturated carbocycles. The number of rotatable bonds is 7. The summed E-state index contributed by atoms with van der Waals surface area (Å²) in [7, 11) is 0. The summed E-state index contributed by atoms with van der Waals surface area (Å²) in [4.78, 5) is 0. The minimum absolute atomic E-state index is 0.611. The van der Waals surface area contributed by atoms with E-state index in [1.54, 1.807) is 0 Å². The second-order valence-electron chi connectivity index (χ2n) is 14.0. The van der Waals surface area contributed by atoms with Crippen molar-refractivity contribution in [1.29, 1.82) is 0 Å². The average Bonchev–Trinajstić information content (AvgIpc) is 3.55. The Bertz CT molecular complexity index is 2290. The maximum atomic E-state index is 3.71. The van der Waals surface area contributed by atoms with Gasteiger partial charge in [0.15, 0.2) is 0 Å². The van der Waals surface area contributed by atoms with E-state index in [0.717, 1.165) is 21.8 Å². The monoisotopic (exact) mass is 752 g/mol. The summed E-state index contributed by atoms with van der Waals surface area (Å²) >= 11 is 7.42. The van der Waals surface area contributed by atoms with Crippen LogP contribution in [-0.2, 0) is 12.8 Å². The van der Waals surface area contributed by atoms with Gasteiger partial charge in [0.1, 0.15) is 0 Å². The SMILES string of the molecule is CC(C)Cc1ccc2c3cc(Br)ccc3n(-c3ccc(-c4ccc(-n5c6ccc(Br)cc6c6ccc(CC(C)C)cc65)cc4)cc3)c2c1. The van der Waals surface area contributed by atoms with Gasteiger partial charge in [-0.25, -0.2) is 0 Å². The molecule has 4 heteroatoms. The Morgan fingerprint density at radius 1 is 0.417 bits per heavy atom. The van der Waals surface area contributed by atoms with Gasteiger partial charge >= 0.3 is 0 Å². The van der Waals surface area contributed by atoms with Crippen LogP contribution in [0, 0.1) is 11.8 Å². The zero-order valence-electron chi connectivity index (χ0n) is 27.8. The van der Waals surface area contributed by atoms with Crippen LogP contribution in [0.5, 0.6) is 0 Å². The first-order valence-corrected chi connectivity index (χ1v) is 18.5. The van der Waals surface area contributed by atoms with Crippen LogP contribution in [0.3, 0.4) is 0 Å². The highest BCUT2D eigenvalue weighted by molar-refractivity contribution is 9.10. The van der Waals surface area contributed by atoms with Crippen molar-refractivity contribution in [2.45, 2.75) is 40.5 Å². The third-order valence-corrected chi connectivity index (χ3v) is 10.4. The number of halogens is 2. The predicted molar refractivity (Wildman–Crippen MR) is 213 cm³/mol. The summed E-state index contributed by atoms with van der Waals surface area (Å²) in [5.41, 5.74) is 12.5. The molecule has 6 aromatic carbocycles. The molecule has 0 aliphatic rings. The van der Waals surface area contributed by atoms with Gasteiger partial charge in [0.05, 0.1) is 22.1 Å². The Labute approximate surface area is 299 Å². The number of hydrogen-bond donors (Lipinski definition) is 0. The number of benzene rings is 6. The Morgan fingerprint density at radius 2 is 0.812 bits per heavy atom. The molecule has 0 spiro atoms. The van der Waals surface area contributed by atoms with Gasteiger partial charge in [-0.1, -0.05) is 108 Å². The van der Waals surface area contributed by atoms with Crippen molar-refractivity contribution in [2.75, 3.05) is 0 Å². The van der Waals surface area contributed by atoms with Crippen LogP contribution in [-0.4, -0.2) is 9.13 Å². The Balaban J connectivity index is 1.18. The van der Waals surface area contributed by atoms with Gasteiger partial charge in [-0.3, -0.25) is 0 Å².